The summed E-state index contributed by atoms with van der Waals surface area (Å²) in [6.07, 6.45) is 1.82. The number of aromatic nitrogens is 2. The van der Waals surface area contributed by atoms with Crippen molar-refractivity contribution in [3.63, 3.8) is 0 Å². The lowest BCUT2D eigenvalue weighted by Crippen LogP contribution is -2.12. The fourth-order valence-corrected chi connectivity index (χ4v) is 2.44. The fraction of sp³-hybridized carbons (Fsp3) is 0.375. The van der Waals surface area contributed by atoms with Crippen molar-refractivity contribution in [3.8, 4) is 11.3 Å². The van der Waals surface area contributed by atoms with E-state index in [1.54, 1.807) is 0 Å². The van der Waals surface area contributed by atoms with E-state index >= 15 is 0 Å². The zero-order valence-corrected chi connectivity index (χ0v) is 12.1. The van der Waals surface area contributed by atoms with Crippen LogP contribution in [0.3, 0.4) is 0 Å². The van der Waals surface area contributed by atoms with E-state index in [4.69, 9.17) is 5.73 Å². The molecule has 1 atom stereocenters. The van der Waals surface area contributed by atoms with Crippen molar-refractivity contribution in [2.75, 3.05) is 6.54 Å². The van der Waals surface area contributed by atoms with Gasteiger partial charge in [0.2, 0.25) is 0 Å². The van der Waals surface area contributed by atoms with Gasteiger partial charge in [-0.1, -0.05) is 24.6 Å². The summed E-state index contributed by atoms with van der Waals surface area (Å²) < 4.78 is 0. The Morgan fingerprint density at radius 3 is 2.37 bits per heavy atom. The predicted molar refractivity (Wildman–Crippen MR) is 79.1 cm³/mol. The third-order valence-electron chi connectivity index (χ3n) is 3.40. The highest BCUT2D eigenvalue weighted by atomic mass is 14.9. The van der Waals surface area contributed by atoms with E-state index < -0.39 is 0 Å². The third kappa shape index (κ3) is 2.82. The van der Waals surface area contributed by atoms with E-state index in [1.165, 1.54) is 22.3 Å². The molecule has 3 heteroatoms. The molecule has 0 fully saturated rings. The Labute approximate surface area is 114 Å². The molecule has 19 heavy (non-hydrogen) atoms. The number of nitrogens with zero attached hydrogens (tertiary/aromatic N) is 2. The smallest absolute Gasteiger partial charge is 0.133 e. The Bertz CT molecular complexity index is 567. The molecule has 0 saturated heterocycles. The van der Waals surface area contributed by atoms with E-state index in [9.17, 15) is 0 Å². The molecular weight excluding hydrogens is 234 g/mol. The van der Waals surface area contributed by atoms with Gasteiger partial charge in [-0.3, -0.25) is 0 Å². The van der Waals surface area contributed by atoms with Crippen molar-refractivity contribution in [2.24, 2.45) is 5.73 Å². The van der Waals surface area contributed by atoms with Crippen LogP contribution in [0.15, 0.2) is 24.4 Å². The first kappa shape index (κ1) is 13.7. The van der Waals surface area contributed by atoms with Gasteiger partial charge in [-0.25, -0.2) is 9.97 Å². The van der Waals surface area contributed by atoms with Crippen LogP contribution in [0.5, 0.6) is 0 Å². The number of aryl methyl sites for hydroxylation is 3. The quantitative estimate of drug-likeness (QED) is 0.916. The SMILES string of the molecule is Cc1cc(C)c(-c2ccnc(C(C)CN)n2)c(C)c1. The second-order valence-electron chi connectivity index (χ2n) is 5.21. The van der Waals surface area contributed by atoms with Crippen LogP contribution in [0.1, 0.15) is 35.4 Å². The molecule has 1 heterocycles. The van der Waals surface area contributed by atoms with Gasteiger partial charge in [0.1, 0.15) is 5.82 Å². The van der Waals surface area contributed by atoms with Crippen LogP contribution >= 0.6 is 0 Å². The normalized spacial score (nSPS) is 12.5. The molecule has 1 unspecified atom stereocenters. The predicted octanol–water partition coefficient (Wildman–Crippen LogP) is 3.13. The summed E-state index contributed by atoms with van der Waals surface area (Å²) in [5.41, 5.74) is 11.7. The van der Waals surface area contributed by atoms with Crippen molar-refractivity contribution in [3.05, 3.63) is 46.9 Å². The summed E-state index contributed by atoms with van der Waals surface area (Å²) in [4.78, 5) is 9.00. The first-order valence-corrected chi connectivity index (χ1v) is 6.64. The molecule has 2 aromatic rings. The van der Waals surface area contributed by atoms with Crippen molar-refractivity contribution >= 4 is 0 Å². The molecule has 0 saturated carbocycles. The van der Waals surface area contributed by atoms with Crippen molar-refractivity contribution in [1.29, 1.82) is 0 Å². The van der Waals surface area contributed by atoms with E-state index in [-0.39, 0.29) is 5.92 Å². The number of hydrogen-bond donors (Lipinski definition) is 1. The maximum absolute atomic E-state index is 5.69. The van der Waals surface area contributed by atoms with Gasteiger partial charge < -0.3 is 5.73 Å². The van der Waals surface area contributed by atoms with Gasteiger partial charge in [0.25, 0.3) is 0 Å². The molecule has 0 amide bonds. The van der Waals surface area contributed by atoms with E-state index in [1.807, 2.05) is 19.2 Å². The minimum atomic E-state index is 0.186. The molecule has 100 valence electrons. The molecule has 0 spiro atoms. The Kier molecular flexibility index (Phi) is 3.96. The number of hydrogen-bond acceptors (Lipinski definition) is 3. The summed E-state index contributed by atoms with van der Waals surface area (Å²) in [6, 6.07) is 6.35. The van der Waals surface area contributed by atoms with Gasteiger partial charge >= 0.3 is 0 Å². The molecular formula is C16H21N3. The summed E-state index contributed by atoms with van der Waals surface area (Å²) >= 11 is 0. The summed E-state index contributed by atoms with van der Waals surface area (Å²) in [5.74, 6) is 1.00. The van der Waals surface area contributed by atoms with Gasteiger partial charge in [0.05, 0.1) is 5.69 Å². The van der Waals surface area contributed by atoms with Gasteiger partial charge in [-0.05, 0) is 38.0 Å². The second kappa shape index (κ2) is 5.49. The van der Waals surface area contributed by atoms with E-state index in [2.05, 4.69) is 42.9 Å². The largest absolute Gasteiger partial charge is 0.330 e. The lowest BCUT2D eigenvalue weighted by Gasteiger charge is -2.13. The molecule has 3 nitrogen and oxygen atoms in total. The second-order valence-corrected chi connectivity index (χ2v) is 5.21. The molecule has 0 aliphatic heterocycles. The third-order valence-corrected chi connectivity index (χ3v) is 3.40. The van der Waals surface area contributed by atoms with Crippen LogP contribution in [-0.2, 0) is 0 Å². The molecule has 2 N–H and O–H groups in total. The van der Waals surface area contributed by atoms with Gasteiger partial charge in [-0.15, -0.1) is 0 Å². The average Bonchev–Trinajstić information content (AvgIpc) is 2.37. The Hall–Kier alpha value is -1.74. The number of benzene rings is 1. The Balaban J connectivity index is 2.54. The highest BCUT2D eigenvalue weighted by molar-refractivity contribution is 5.67. The van der Waals surface area contributed by atoms with E-state index in [0.29, 0.717) is 6.54 Å². The lowest BCUT2D eigenvalue weighted by atomic mass is 9.97. The van der Waals surface area contributed by atoms with Crippen LogP contribution in [0.25, 0.3) is 11.3 Å². The number of rotatable bonds is 3. The number of nitrogens with two attached hydrogens (primary N) is 1. The molecule has 2 rings (SSSR count). The van der Waals surface area contributed by atoms with Crippen LogP contribution in [0.2, 0.25) is 0 Å². The van der Waals surface area contributed by atoms with Gasteiger partial charge in [0.15, 0.2) is 0 Å². The van der Waals surface area contributed by atoms with Crippen LogP contribution < -0.4 is 5.73 Å². The van der Waals surface area contributed by atoms with Gasteiger partial charge in [0, 0.05) is 24.2 Å². The minimum absolute atomic E-state index is 0.186. The molecule has 1 aromatic heterocycles. The lowest BCUT2D eigenvalue weighted by molar-refractivity contribution is 0.712. The van der Waals surface area contributed by atoms with Crippen molar-refractivity contribution < 1.29 is 0 Å². The molecule has 0 bridgehead atoms. The van der Waals surface area contributed by atoms with Crippen molar-refractivity contribution in [2.45, 2.75) is 33.6 Å². The molecule has 1 aromatic carbocycles. The molecule has 0 aliphatic carbocycles. The summed E-state index contributed by atoms with van der Waals surface area (Å²) in [6.45, 7) is 8.99. The summed E-state index contributed by atoms with van der Waals surface area (Å²) in [7, 11) is 0. The fourth-order valence-electron chi connectivity index (χ4n) is 2.44. The summed E-state index contributed by atoms with van der Waals surface area (Å²) in [5, 5.41) is 0. The average molecular weight is 255 g/mol. The van der Waals surface area contributed by atoms with Crippen LogP contribution in [0.4, 0.5) is 0 Å². The Morgan fingerprint density at radius 1 is 1.16 bits per heavy atom. The standard InChI is InChI=1S/C16H21N3/c1-10-7-11(2)15(12(3)8-10)14-5-6-18-16(19-14)13(4)9-17/h5-8,13H,9,17H2,1-4H3. The van der Waals surface area contributed by atoms with Crippen LogP contribution in [-0.4, -0.2) is 16.5 Å². The van der Waals surface area contributed by atoms with Gasteiger partial charge in [-0.2, -0.15) is 0 Å². The maximum Gasteiger partial charge on any atom is 0.133 e. The van der Waals surface area contributed by atoms with Crippen LogP contribution in [0, 0.1) is 20.8 Å². The highest BCUT2D eigenvalue weighted by Gasteiger charge is 2.11. The first-order chi connectivity index (χ1) is 9.02. The minimum Gasteiger partial charge on any atom is -0.330 e. The topological polar surface area (TPSA) is 51.8 Å². The first-order valence-electron chi connectivity index (χ1n) is 6.64. The molecule has 0 aliphatic rings. The Morgan fingerprint density at radius 2 is 1.79 bits per heavy atom. The maximum atomic E-state index is 5.69. The van der Waals surface area contributed by atoms with Crippen molar-refractivity contribution in [1.82, 2.24) is 9.97 Å². The van der Waals surface area contributed by atoms with E-state index in [0.717, 1.165) is 11.5 Å². The zero-order chi connectivity index (χ0) is 14.0. The highest BCUT2D eigenvalue weighted by Crippen LogP contribution is 2.27. The zero-order valence-electron chi connectivity index (χ0n) is 12.1. The molecule has 0 radical (unpaired) electrons. The monoisotopic (exact) mass is 255 g/mol.